The maximum absolute atomic E-state index is 11.3. The van der Waals surface area contributed by atoms with Gasteiger partial charge < -0.3 is 14.3 Å². The molecule has 0 rings (SSSR count). The van der Waals surface area contributed by atoms with Crippen molar-refractivity contribution in [3.63, 3.8) is 0 Å². The minimum absolute atomic E-state index is 0.0481. The predicted molar refractivity (Wildman–Crippen MR) is 95.2 cm³/mol. The fourth-order valence-electron chi connectivity index (χ4n) is 2.52. The lowest BCUT2D eigenvalue weighted by Gasteiger charge is -2.18. The number of hydrogen-bond donors (Lipinski definition) is 1. The molecule has 0 unspecified atom stereocenters. The first-order valence-corrected chi connectivity index (χ1v) is 9.98. The van der Waals surface area contributed by atoms with Crippen molar-refractivity contribution in [3.05, 3.63) is 0 Å². The van der Waals surface area contributed by atoms with Crippen molar-refractivity contribution in [2.75, 3.05) is 33.9 Å². The summed E-state index contributed by atoms with van der Waals surface area (Å²) in [6.45, 7) is 0.562. The van der Waals surface area contributed by atoms with E-state index >= 15 is 0 Å². The Labute approximate surface area is 148 Å². The van der Waals surface area contributed by atoms with Gasteiger partial charge in [-0.3, -0.25) is 14.5 Å². The number of hydrogen-bond acceptors (Lipinski definition) is 5. The van der Waals surface area contributed by atoms with Gasteiger partial charge in [-0.25, -0.2) is 0 Å². The van der Waals surface area contributed by atoms with Crippen LogP contribution in [0.2, 0.25) is 6.04 Å². The van der Waals surface area contributed by atoms with Crippen LogP contribution in [0.15, 0.2) is 0 Å². The Morgan fingerprint density at radius 1 is 0.875 bits per heavy atom. The number of carboxylic acid groups (broad SMARTS) is 1. The number of ether oxygens (including phenoxy) is 1. The fraction of sp³-hybridized carbons (Fsp3) is 0.882. The van der Waals surface area contributed by atoms with E-state index in [-0.39, 0.29) is 19.1 Å². The predicted octanol–water partition coefficient (Wildman–Crippen LogP) is 2.74. The van der Waals surface area contributed by atoms with Crippen LogP contribution in [0.5, 0.6) is 0 Å². The molecule has 0 aliphatic heterocycles. The molecule has 0 aliphatic carbocycles. The number of esters is 1. The Hall–Kier alpha value is -0.923. The molecule has 0 aromatic heterocycles. The monoisotopic (exact) mass is 359 g/mol. The fourth-order valence-corrected chi connectivity index (χ4v) is 3.12. The molecule has 0 fully saturated rings. The van der Waals surface area contributed by atoms with Gasteiger partial charge in [0, 0.05) is 7.11 Å². The lowest BCUT2D eigenvalue weighted by Crippen LogP contribution is -2.35. The number of nitrogens with zero attached hydrogens (tertiary/aromatic N) is 1. The third kappa shape index (κ3) is 16.0. The molecule has 0 bridgehead atoms. The zero-order chi connectivity index (χ0) is 18.0. The Morgan fingerprint density at radius 3 is 1.92 bits per heavy atom. The minimum Gasteiger partial charge on any atom is -0.480 e. The van der Waals surface area contributed by atoms with Gasteiger partial charge in [0.25, 0.3) is 0 Å². The Balaban J connectivity index is 3.50. The quantitative estimate of drug-likeness (QED) is 0.244. The summed E-state index contributed by atoms with van der Waals surface area (Å²) in [6.07, 6.45) is 10.8. The van der Waals surface area contributed by atoms with Gasteiger partial charge in [-0.1, -0.05) is 51.4 Å². The second-order valence-electron chi connectivity index (χ2n) is 5.96. The second kappa shape index (κ2) is 16.9. The summed E-state index contributed by atoms with van der Waals surface area (Å²) in [5.41, 5.74) is 0. The molecule has 7 heteroatoms. The lowest BCUT2D eigenvalue weighted by molar-refractivity contribution is -0.144. The van der Waals surface area contributed by atoms with E-state index in [4.69, 9.17) is 9.53 Å². The Kier molecular flexibility index (Phi) is 16.3. The van der Waals surface area contributed by atoms with E-state index in [1.807, 2.05) is 0 Å². The summed E-state index contributed by atoms with van der Waals surface area (Å²) in [5.74, 6) is -1.30. The van der Waals surface area contributed by atoms with Crippen molar-refractivity contribution in [2.24, 2.45) is 0 Å². The van der Waals surface area contributed by atoms with Crippen LogP contribution in [0.25, 0.3) is 0 Å². The topological polar surface area (TPSA) is 76.1 Å². The maximum atomic E-state index is 11.3. The molecule has 0 spiro atoms. The van der Waals surface area contributed by atoms with Gasteiger partial charge in [0.15, 0.2) is 0 Å². The Morgan fingerprint density at radius 2 is 1.42 bits per heavy atom. The summed E-state index contributed by atoms with van der Waals surface area (Å²) in [6, 6.07) is 1.19. The van der Waals surface area contributed by atoms with Crippen LogP contribution in [-0.2, 0) is 18.8 Å². The highest BCUT2D eigenvalue weighted by atomic mass is 28.2. The summed E-state index contributed by atoms with van der Waals surface area (Å²) >= 11 is 0. The SMILES string of the molecule is CO[Si]CCCCCCCCCCCN(CC(=O)O)CC(=O)OC. The molecule has 6 nitrogen and oxygen atoms in total. The summed E-state index contributed by atoms with van der Waals surface area (Å²) in [7, 11) is 3.73. The number of rotatable bonds is 17. The molecule has 0 atom stereocenters. The van der Waals surface area contributed by atoms with Gasteiger partial charge in [0.1, 0.15) is 0 Å². The Bertz CT molecular complexity index is 328. The van der Waals surface area contributed by atoms with Crippen LogP contribution in [0, 0.1) is 0 Å². The molecule has 24 heavy (non-hydrogen) atoms. The molecule has 2 radical (unpaired) electrons. The highest BCUT2D eigenvalue weighted by molar-refractivity contribution is 6.26. The van der Waals surface area contributed by atoms with Gasteiger partial charge in [-0.2, -0.15) is 0 Å². The van der Waals surface area contributed by atoms with E-state index in [0.29, 0.717) is 16.3 Å². The number of unbranched alkanes of at least 4 members (excludes halogenated alkanes) is 8. The highest BCUT2D eigenvalue weighted by Crippen LogP contribution is 2.11. The van der Waals surface area contributed by atoms with E-state index in [9.17, 15) is 9.59 Å². The molecule has 0 amide bonds. The van der Waals surface area contributed by atoms with E-state index in [0.717, 1.165) is 12.8 Å². The van der Waals surface area contributed by atoms with Gasteiger partial charge in [-0.05, 0) is 19.0 Å². The van der Waals surface area contributed by atoms with Gasteiger partial charge in [0.05, 0.1) is 20.2 Å². The third-order valence-corrected chi connectivity index (χ3v) is 4.68. The standard InChI is InChI=1S/C17H33NO5Si/c1-22-17(21)15-18(14-16(19)20)12-10-8-6-4-3-5-7-9-11-13-24-23-2/h3-15H2,1-2H3,(H,19,20). The summed E-state index contributed by atoms with van der Waals surface area (Å²) in [5, 5.41) is 8.86. The van der Waals surface area contributed by atoms with Crippen LogP contribution in [0.1, 0.15) is 57.8 Å². The number of aliphatic carboxylic acids is 1. The number of carbonyl (C=O) groups is 2. The van der Waals surface area contributed by atoms with Crippen molar-refractivity contribution in [3.8, 4) is 0 Å². The van der Waals surface area contributed by atoms with Crippen molar-refractivity contribution in [2.45, 2.75) is 63.8 Å². The van der Waals surface area contributed by atoms with E-state index in [2.05, 4.69) is 4.74 Å². The van der Waals surface area contributed by atoms with Crippen LogP contribution in [0.3, 0.4) is 0 Å². The van der Waals surface area contributed by atoms with E-state index in [1.165, 1.54) is 58.1 Å². The van der Waals surface area contributed by atoms with Crippen molar-refractivity contribution in [1.82, 2.24) is 4.90 Å². The van der Waals surface area contributed by atoms with Crippen LogP contribution >= 0.6 is 0 Å². The zero-order valence-electron chi connectivity index (χ0n) is 15.2. The largest absolute Gasteiger partial charge is 0.480 e. The van der Waals surface area contributed by atoms with Gasteiger partial charge >= 0.3 is 11.9 Å². The zero-order valence-corrected chi connectivity index (χ0v) is 16.2. The lowest BCUT2D eigenvalue weighted by atomic mass is 10.1. The first kappa shape index (κ1) is 23.1. The molecule has 1 N–H and O–H groups in total. The first-order valence-electron chi connectivity index (χ1n) is 8.87. The van der Waals surface area contributed by atoms with E-state index in [1.54, 1.807) is 12.0 Å². The molecule has 0 aliphatic rings. The number of carbonyl (C=O) groups excluding carboxylic acids is 1. The van der Waals surface area contributed by atoms with Crippen LogP contribution in [-0.4, -0.2) is 65.6 Å². The molecule has 0 heterocycles. The van der Waals surface area contributed by atoms with Crippen molar-refractivity contribution in [1.29, 1.82) is 0 Å². The molecule has 0 saturated carbocycles. The van der Waals surface area contributed by atoms with Crippen LogP contribution < -0.4 is 0 Å². The smallest absolute Gasteiger partial charge is 0.319 e. The minimum atomic E-state index is -0.912. The first-order chi connectivity index (χ1) is 11.6. The van der Waals surface area contributed by atoms with Gasteiger partial charge in [0.2, 0.25) is 9.76 Å². The molecule has 0 saturated heterocycles. The van der Waals surface area contributed by atoms with Gasteiger partial charge in [-0.15, -0.1) is 0 Å². The number of carboxylic acids is 1. The van der Waals surface area contributed by atoms with Crippen molar-refractivity contribution >= 4 is 21.7 Å². The molecular weight excluding hydrogens is 326 g/mol. The molecule has 0 aromatic rings. The molecule has 140 valence electrons. The molecular formula is C17H33NO5Si. The second-order valence-corrected chi connectivity index (χ2v) is 7.16. The number of methoxy groups -OCH3 is 1. The third-order valence-electron chi connectivity index (χ3n) is 3.84. The summed E-state index contributed by atoms with van der Waals surface area (Å²) in [4.78, 5) is 23.7. The average molecular weight is 360 g/mol. The van der Waals surface area contributed by atoms with E-state index < -0.39 is 5.97 Å². The van der Waals surface area contributed by atoms with Crippen molar-refractivity contribution < 1.29 is 23.9 Å². The highest BCUT2D eigenvalue weighted by Gasteiger charge is 2.13. The average Bonchev–Trinajstić information content (AvgIpc) is 2.55. The molecule has 0 aromatic carbocycles. The maximum Gasteiger partial charge on any atom is 0.319 e. The van der Waals surface area contributed by atoms with Crippen LogP contribution in [0.4, 0.5) is 0 Å². The summed E-state index contributed by atoms with van der Waals surface area (Å²) < 4.78 is 9.65. The normalized spacial score (nSPS) is 11.0.